The Morgan fingerprint density at radius 3 is 1.23 bits per heavy atom. The molecule has 0 unspecified atom stereocenters. The van der Waals surface area contributed by atoms with Crippen LogP contribution in [0.3, 0.4) is 0 Å². The predicted octanol–water partition coefficient (Wildman–Crippen LogP) is 5.64. The molecular formula is C28H24N2O4S. The molecule has 0 heterocycles. The third-order valence-corrected chi connectivity index (χ3v) is 7.43. The zero-order valence-corrected chi connectivity index (χ0v) is 20.1. The summed E-state index contributed by atoms with van der Waals surface area (Å²) >= 11 is 0. The quantitative estimate of drug-likeness (QED) is 0.370. The number of sulfone groups is 1. The summed E-state index contributed by atoms with van der Waals surface area (Å²) in [5.74, 6) is -0.653. The van der Waals surface area contributed by atoms with Gasteiger partial charge < -0.3 is 10.6 Å². The Morgan fingerprint density at radius 2 is 0.886 bits per heavy atom. The van der Waals surface area contributed by atoms with Crippen LogP contribution in [0.2, 0.25) is 0 Å². The summed E-state index contributed by atoms with van der Waals surface area (Å²) in [6.07, 6.45) is 0. The molecule has 0 bridgehead atoms. The van der Waals surface area contributed by atoms with E-state index in [2.05, 4.69) is 10.6 Å². The van der Waals surface area contributed by atoms with Crippen LogP contribution in [0.5, 0.6) is 0 Å². The van der Waals surface area contributed by atoms with Crippen molar-refractivity contribution in [2.45, 2.75) is 23.6 Å². The first-order chi connectivity index (χ1) is 16.8. The molecule has 0 fully saturated rings. The molecule has 0 aromatic heterocycles. The fourth-order valence-electron chi connectivity index (χ4n) is 3.52. The molecule has 4 rings (SSSR count). The number of hydrogen-bond donors (Lipinski definition) is 2. The zero-order valence-electron chi connectivity index (χ0n) is 19.3. The van der Waals surface area contributed by atoms with Crippen molar-refractivity contribution in [3.05, 3.63) is 119 Å². The first-order valence-electron chi connectivity index (χ1n) is 10.9. The van der Waals surface area contributed by atoms with Crippen LogP contribution in [0.4, 0.5) is 11.4 Å². The number of carbonyl (C=O) groups is 2. The Morgan fingerprint density at radius 1 is 0.543 bits per heavy atom. The van der Waals surface area contributed by atoms with Crippen molar-refractivity contribution in [1.82, 2.24) is 0 Å². The first-order valence-corrected chi connectivity index (χ1v) is 12.4. The van der Waals surface area contributed by atoms with Crippen molar-refractivity contribution in [2.75, 3.05) is 10.6 Å². The molecule has 2 N–H and O–H groups in total. The van der Waals surface area contributed by atoms with Gasteiger partial charge in [0.15, 0.2) is 0 Å². The van der Waals surface area contributed by atoms with Crippen molar-refractivity contribution in [3.63, 3.8) is 0 Å². The third kappa shape index (κ3) is 5.31. The summed E-state index contributed by atoms with van der Waals surface area (Å²) in [7, 11) is -3.82. The third-order valence-electron chi connectivity index (χ3n) is 5.64. The number of rotatable bonds is 6. The fraction of sp³-hybridized carbons (Fsp3) is 0.0714. The van der Waals surface area contributed by atoms with Crippen molar-refractivity contribution in [3.8, 4) is 0 Å². The number of hydrogen-bond acceptors (Lipinski definition) is 4. The highest BCUT2D eigenvalue weighted by atomic mass is 32.2. The van der Waals surface area contributed by atoms with Crippen molar-refractivity contribution < 1.29 is 18.0 Å². The van der Waals surface area contributed by atoms with Crippen LogP contribution < -0.4 is 10.6 Å². The van der Waals surface area contributed by atoms with Crippen LogP contribution in [0.1, 0.15) is 31.8 Å². The molecule has 0 aliphatic heterocycles. The average Bonchev–Trinajstić information content (AvgIpc) is 2.87. The monoisotopic (exact) mass is 484 g/mol. The van der Waals surface area contributed by atoms with Gasteiger partial charge in [0.2, 0.25) is 9.84 Å². The second-order valence-electron chi connectivity index (χ2n) is 8.09. The van der Waals surface area contributed by atoms with E-state index in [1.54, 1.807) is 12.1 Å². The van der Waals surface area contributed by atoms with Gasteiger partial charge in [0.1, 0.15) is 0 Å². The summed E-state index contributed by atoms with van der Waals surface area (Å²) in [6.45, 7) is 3.78. The largest absolute Gasteiger partial charge is 0.322 e. The molecule has 0 aliphatic rings. The van der Waals surface area contributed by atoms with Crippen LogP contribution in [0.15, 0.2) is 107 Å². The Labute approximate surface area is 204 Å². The van der Waals surface area contributed by atoms with E-state index >= 15 is 0 Å². The molecule has 0 radical (unpaired) electrons. The standard InChI is InChI=1S/C28H24N2O4S/c1-19-7-3-5-9-25(19)29-27(31)21-11-15-23(16-12-21)35(33,34)24-17-13-22(14-18-24)28(32)30-26-10-6-4-8-20(26)2/h3-18H,1-2H3,(H,29,31)(H,30,32). The van der Waals surface area contributed by atoms with Gasteiger partial charge in [-0.3, -0.25) is 9.59 Å². The lowest BCUT2D eigenvalue weighted by molar-refractivity contribution is 0.101. The molecule has 0 saturated heterocycles. The molecule has 0 saturated carbocycles. The molecule has 176 valence electrons. The lowest BCUT2D eigenvalue weighted by atomic mass is 10.1. The minimum Gasteiger partial charge on any atom is -0.322 e. The molecule has 0 atom stereocenters. The topological polar surface area (TPSA) is 92.3 Å². The normalized spacial score (nSPS) is 11.0. The number of carbonyl (C=O) groups excluding carboxylic acids is 2. The maximum absolute atomic E-state index is 13.1. The second kappa shape index (κ2) is 9.95. The molecule has 7 heteroatoms. The highest BCUT2D eigenvalue weighted by molar-refractivity contribution is 7.91. The van der Waals surface area contributed by atoms with E-state index in [0.717, 1.165) is 11.1 Å². The van der Waals surface area contributed by atoms with Gasteiger partial charge in [0, 0.05) is 22.5 Å². The van der Waals surface area contributed by atoms with Crippen molar-refractivity contribution in [1.29, 1.82) is 0 Å². The number of para-hydroxylation sites is 2. The minimum absolute atomic E-state index is 0.0575. The lowest BCUT2D eigenvalue weighted by Gasteiger charge is -2.10. The zero-order chi connectivity index (χ0) is 25.0. The molecular weight excluding hydrogens is 460 g/mol. The summed E-state index contributed by atoms with van der Waals surface area (Å²) in [4.78, 5) is 25.2. The fourth-order valence-corrected chi connectivity index (χ4v) is 4.78. The SMILES string of the molecule is Cc1ccccc1NC(=O)c1ccc(S(=O)(=O)c2ccc(C(=O)Nc3ccccc3C)cc2)cc1. The number of aryl methyl sites for hydroxylation is 2. The van der Waals surface area contributed by atoms with Crippen LogP contribution in [0.25, 0.3) is 0 Å². The van der Waals surface area contributed by atoms with Gasteiger partial charge in [-0.05, 0) is 85.6 Å². The molecule has 4 aromatic rings. The van der Waals surface area contributed by atoms with Gasteiger partial charge in [-0.2, -0.15) is 0 Å². The van der Waals surface area contributed by atoms with Gasteiger partial charge >= 0.3 is 0 Å². The van der Waals surface area contributed by atoms with E-state index < -0.39 is 9.84 Å². The summed E-state index contributed by atoms with van der Waals surface area (Å²) in [5.41, 5.74) is 3.93. The van der Waals surface area contributed by atoms with Gasteiger partial charge in [-0.25, -0.2) is 8.42 Å². The van der Waals surface area contributed by atoms with Gasteiger partial charge in [-0.1, -0.05) is 36.4 Å². The Bertz CT molecular complexity index is 1380. The Kier molecular flexibility index (Phi) is 6.80. The van der Waals surface area contributed by atoms with Crippen molar-refractivity contribution >= 4 is 33.0 Å². The number of anilines is 2. The Balaban J connectivity index is 1.48. The maximum atomic E-state index is 13.1. The average molecular weight is 485 g/mol. The van der Waals surface area contributed by atoms with E-state index in [9.17, 15) is 18.0 Å². The molecule has 0 spiro atoms. The first kappa shape index (κ1) is 23.9. The maximum Gasteiger partial charge on any atom is 0.255 e. The van der Waals surface area contributed by atoms with Gasteiger partial charge in [-0.15, -0.1) is 0 Å². The van der Waals surface area contributed by atoms with E-state index in [1.165, 1.54) is 48.5 Å². The molecule has 2 amide bonds. The Hall–Kier alpha value is -4.23. The lowest BCUT2D eigenvalue weighted by Crippen LogP contribution is -2.13. The molecule has 6 nitrogen and oxygen atoms in total. The number of amides is 2. The number of nitrogens with one attached hydrogen (secondary N) is 2. The smallest absolute Gasteiger partial charge is 0.255 e. The summed E-state index contributed by atoms with van der Waals surface area (Å²) in [6, 6.07) is 26.3. The van der Waals surface area contributed by atoms with Gasteiger partial charge in [0.25, 0.3) is 11.8 Å². The van der Waals surface area contributed by atoms with Gasteiger partial charge in [0.05, 0.1) is 9.79 Å². The van der Waals surface area contributed by atoms with E-state index in [0.29, 0.717) is 22.5 Å². The van der Waals surface area contributed by atoms with E-state index in [1.807, 2.05) is 50.2 Å². The highest BCUT2D eigenvalue weighted by Gasteiger charge is 2.19. The molecule has 4 aromatic carbocycles. The highest BCUT2D eigenvalue weighted by Crippen LogP contribution is 2.23. The van der Waals surface area contributed by atoms with E-state index in [-0.39, 0.29) is 21.6 Å². The number of benzene rings is 4. The van der Waals surface area contributed by atoms with Crippen LogP contribution >= 0.6 is 0 Å². The van der Waals surface area contributed by atoms with Crippen LogP contribution in [0, 0.1) is 13.8 Å². The summed E-state index contributed by atoms with van der Waals surface area (Å²) in [5, 5.41) is 5.66. The second-order valence-corrected chi connectivity index (χ2v) is 10.0. The van der Waals surface area contributed by atoms with E-state index in [4.69, 9.17) is 0 Å². The molecule has 35 heavy (non-hydrogen) atoms. The summed E-state index contributed by atoms with van der Waals surface area (Å²) < 4.78 is 26.1. The van der Waals surface area contributed by atoms with Crippen molar-refractivity contribution in [2.24, 2.45) is 0 Å². The van der Waals surface area contributed by atoms with Crippen LogP contribution in [-0.4, -0.2) is 20.2 Å². The molecule has 0 aliphatic carbocycles. The minimum atomic E-state index is -3.82. The predicted molar refractivity (Wildman–Crippen MR) is 137 cm³/mol. The van der Waals surface area contributed by atoms with Crippen LogP contribution in [-0.2, 0) is 9.84 Å².